The topological polar surface area (TPSA) is 51.2 Å². The number of alkyl carbamates (subject to hydrolysis) is 1. The molecule has 2 rings (SSSR count). The number of ether oxygens (including phenoxy) is 1. The zero-order valence-corrected chi connectivity index (χ0v) is 11.8. The summed E-state index contributed by atoms with van der Waals surface area (Å²) in [6, 6.07) is 11.4. The lowest BCUT2D eigenvalue weighted by Gasteiger charge is -2.07. The summed E-state index contributed by atoms with van der Waals surface area (Å²) in [5.74, 6) is 0. The number of hydrogen-bond donors (Lipinski definition) is 1. The van der Waals surface area contributed by atoms with Crippen molar-refractivity contribution in [3.63, 3.8) is 0 Å². The van der Waals surface area contributed by atoms with Crippen molar-refractivity contribution < 1.29 is 9.53 Å². The van der Waals surface area contributed by atoms with Gasteiger partial charge in [-0.25, -0.2) is 4.79 Å². The Morgan fingerprint density at radius 2 is 2.00 bits per heavy atom. The van der Waals surface area contributed by atoms with Crippen LogP contribution in [0.4, 0.5) is 4.79 Å². The summed E-state index contributed by atoms with van der Waals surface area (Å²) >= 11 is 3.32. The quantitative estimate of drug-likeness (QED) is 0.940. The minimum Gasteiger partial charge on any atom is -0.445 e. The van der Waals surface area contributed by atoms with Gasteiger partial charge in [0.05, 0.1) is 0 Å². The zero-order chi connectivity index (χ0) is 13.5. The fraction of sp³-hybridized carbons (Fsp3) is 0.143. The molecule has 0 unspecified atom stereocenters. The van der Waals surface area contributed by atoms with Crippen molar-refractivity contribution in [3.8, 4) is 0 Å². The van der Waals surface area contributed by atoms with E-state index in [9.17, 15) is 4.79 Å². The molecule has 0 saturated heterocycles. The van der Waals surface area contributed by atoms with Crippen LogP contribution in [0.15, 0.2) is 53.3 Å². The summed E-state index contributed by atoms with van der Waals surface area (Å²) in [6.07, 6.45) is 2.95. The van der Waals surface area contributed by atoms with Crippen LogP contribution in [0.2, 0.25) is 0 Å². The number of amides is 1. The van der Waals surface area contributed by atoms with E-state index in [0.717, 1.165) is 15.6 Å². The Morgan fingerprint density at radius 3 is 2.74 bits per heavy atom. The monoisotopic (exact) mass is 320 g/mol. The van der Waals surface area contributed by atoms with Crippen LogP contribution in [0.25, 0.3) is 0 Å². The third kappa shape index (κ3) is 4.71. The number of carbonyl (C=O) groups is 1. The van der Waals surface area contributed by atoms with Crippen molar-refractivity contribution in [1.29, 1.82) is 0 Å². The van der Waals surface area contributed by atoms with Crippen LogP contribution < -0.4 is 5.32 Å². The van der Waals surface area contributed by atoms with Crippen LogP contribution in [0.5, 0.6) is 0 Å². The van der Waals surface area contributed by atoms with E-state index in [1.807, 2.05) is 36.4 Å². The van der Waals surface area contributed by atoms with E-state index in [-0.39, 0.29) is 6.61 Å². The summed E-state index contributed by atoms with van der Waals surface area (Å²) in [7, 11) is 0. The van der Waals surface area contributed by atoms with Gasteiger partial charge in [-0.1, -0.05) is 30.3 Å². The molecule has 0 aliphatic carbocycles. The van der Waals surface area contributed by atoms with Gasteiger partial charge in [0.1, 0.15) is 6.61 Å². The van der Waals surface area contributed by atoms with Crippen molar-refractivity contribution in [2.24, 2.45) is 0 Å². The number of carbonyl (C=O) groups excluding carboxylic acids is 1. The van der Waals surface area contributed by atoms with Crippen LogP contribution in [-0.2, 0) is 17.9 Å². The predicted molar refractivity (Wildman–Crippen MR) is 75.4 cm³/mol. The Hall–Kier alpha value is -1.88. The number of hydrogen-bond acceptors (Lipinski definition) is 3. The Morgan fingerprint density at radius 1 is 1.21 bits per heavy atom. The van der Waals surface area contributed by atoms with Crippen LogP contribution in [0.3, 0.4) is 0 Å². The van der Waals surface area contributed by atoms with Gasteiger partial charge in [-0.3, -0.25) is 4.98 Å². The van der Waals surface area contributed by atoms with Gasteiger partial charge < -0.3 is 10.1 Å². The lowest BCUT2D eigenvalue weighted by molar-refractivity contribution is 0.139. The minimum atomic E-state index is -0.441. The second-order valence-electron chi connectivity index (χ2n) is 3.93. The van der Waals surface area contributed by atoms with Gasteiger partial charge in [0, 0.05) is 23.4 Å². The predicted octanol–water partition coefficient (Wildman–Crippen LogP) is 3.27. The molecule has 0 saturated carbocycles. The molecule has 1 N–H and O–H groups in total. The van der Waals surface area contributed by atoms with Crippen molar-refractivity contribution in [2.45, 2.75) is 13.2 Å². The highest BCUT2D eigenvalue weighted by molar-refractivity contribution is 9.10. The number of aromatic nitrogens is 1. The molecule has 0 atom stereocenters. The van der Waals surface area contributed by atoms with Gasteiger partial charge in [-0.15, -0.1) is 0 Å². The number of halogens is 1. The lowest BCUT2D eigenvalue weighted by atomic mass is 10.2. The molecule has 1 amide bonds. The van der Waals surface area contributed by atoms with Crippen LogP contribution in [0.1, 0.15) is 11.1 Å². The number of nitrogens with zero attached hydrogens (tertiary/aromatic N) is 1. The second kappa shape index (κ2) is 6.89. The third-order valence-corrected chi connectivity index (χ3v) is 2.84. The van der Waals surface area contributed by atoms with Gasteiger partial charge in [0.25, 0.3) is 0 Å². The van der Waals surface area contributed by atoms with E-state index in [1.54, 1.807) is 12.4 Å². The highest BCUT2D eigenvalue weighted by Gasteiger charge is 2.03. The van der Waals surface area contributed by atoms with Crippen molar-refractivity contribution in [1.82, 2.24) is 10.3 Å². The molecule has 0 bridgehead atoms. The Labute approximate surface area is 119 Å². The van der Waals surface area contributed by atoms with Gasteiger partial charge >= 0.3 is 6.09 Å². The molecule has 0 radical (unpaired) electrons. The minimum absolute atomic E-state index is 0.267. The molecule has 4 nitrogen and oxygen atoms in total. The molecule has 98 valence electrons. The maximum atomic E-state index is 11.5. The van der Waals surface area contributed by atoms with E-state index in [4.69, 9.17) is 4.74 Å². The molecule has 0 spiro atoms. The first-order valence-corrected chi connectivity index (χ1v) is 6.57. The van der Waals surface area contributed by atoms with E-state index >= 15 is 0 Å². The second-order valence-corrected chi connectivity index (χ2v) is 4.84. The SMILES string of the molecule is O=C(NCc1cncc(Br)c1)OCc1ccccc1. The molecule has 0 aliphatic heterocycles. The van der Waals surface area contributed by atoms with Gasteiger partial charge in [-0.2, -0.15) is 0 Å². The summed E-state index contributed by atoms with van der Waals surface area (Å²) in [5.41, 5.74) is 1.87. The fourth-order valence-corrected chi connectivity index (χ4v) is 1.91. The lowest BCUT2D eigenvalue weighted by Crippen LogP contribution is -2.23. The van der Waals surface area contributed by atoms with Crippen molar-refractivity contribution in [2.75, 3.05) is 0 Å². The molecule has 5 heteroatoms. The van der Waals surface area contributed by atoms with Crippen LogP contribution in [-0.4, -0.2) is 11.1 Å². The first-order valence-electron chi connectivity index (χ1n) is 5.78. The summed E-state index contributed by atoms with van der Waals surface area (Å²) in [6.45, 7) is 0.656. The molecule has 0 aliphatic rings. The van der Waals surface area contributed by atoms with Crippen molar-refractivity contribution in [3.05, 3.63) is 64.4 Å². The van der Waals surface area contributed by atoms with Gasteiger partial charge in [0.15, 0.2) is 0 Å². The Kier molecular flexibility index (Phi) is 4.92. The first-order chi connectivity index (χ1) is 9.24. The Balaban J connectivity index is 1.76. The maximum Gasteiger partial charge on any atom is 0.407 e. The molecule has 1 heterocycles. The molecule has 0 fully saturated rings. The first kappa shape index (κ1) is 13.5. The summed E-state index contributed by atoms with van der Waals surface area (Å²) < 4.78 is 5.98. The average molecular weight is 321 g/mol. The molecule has 2 aromatic rings. The molecule has 1 aromatic heterocycles. The van der Waals surface area contributed by atoms with Crippen LogP contribution >= 0.6 is 15.9 Å². The van der Waals surface area contributed by atoms with E-state index in [1.165, 1.54) is 0 Å². The third-order valence-electron chi connectivity index (χ3n) is 2.41. The summed E-state index contributed by atoms with van der Waals surface area (Å²) in [5, 5.41) is 2.67. The summed E-state index contributed by atoms with van der Waals surface area (Å²) in [4.78, 5) is 15.5. The normalized spacial score (nSPS) is 9.95. The van der Waals surface area contributed by atoms with Crippen molar-refractivity contribution >= 4 is 22.0 Å². The molecule has 19 heavy (non-hydrogen) atoms. The zero-order valence-electron chi connectivity index (χ0n) is 10.2. The standard InChI is InChI=1S/C14H13BrN2O2/c15-13-6-12(7-16-9-13)8-17-14(18)19-10-11-4-2-1-3-5-11/h1-7,9H,8,10H2,(H,17,18). The highest BCUT2D eigenvalue weighted by atomic mass is 79.9. The number of pyridine rings is 1. The molecule has 1 aromatic carbocycles. The van der Waals surface area contributed by atoms with E-state index < -0.39 is 6.09 Å². The number of nitrogens with one attached hydrogen (secondary N) is 1. The number of benzene rings is 1. The van der Waals surface area contributed by atoms with Gasteiger partial charge in [-0.05, 0) is 33.1 Å². The average Bonchev–Trinajstić information content (AvgIpc) is 2.44. The van der Waals surface area contributed by atoms with E-state index in [2.05, 4.69) is 26.2 Å². The largest absolute Gasteiger partial charge is 0.445 e. The maximum absolute atomic E-state index is 11.5. The molecular weight excluding hydrogens is 308 g/mol. The smallest absolute Gasteiger partial charge is 0.407 e. The van der Waals surface area contributed by atoms with E-state index in [0.29, 0.717) is 6.54 Å². The van der Waals surface area contributed by atoms with Crippen LogP contribution in [0, 0.1) is 0 Å². The fourth-order valence-electron chi connectivity index (χ4n) is 1.50. The number of rotatable bonds is 4. The molecular formula is C14H13BrN2O2. The van der Waals surface area contributed by atoms with Gasteiger partial charge in [0.2, 0.25) is 0 Å². The Bertz CT molecular complexity index is 546. The highest BCUT2D eigenvalue weighted by Crippen LogP contribution is 2.09.